The van der Waals surface area contributed by atoms with E-state index >= 15 is 0 Å². The first-order valence-corrected chi connectivity index (χ1v) is 10.9. The van der Waals surface area contributed by atoms with Crippen LogP contribution in [0.2, 0.25) is 0 Å². The van der Waals surface area contributed by atoms with Crippen LogP contribution in [0.1, 0.15) is 23.8 Å². The Labute approximate surface area is 206 Å². The fourth-order valence-corrected chi connectivity index (χ4v) is 3.77. The molecule has 7 nitrogen and oxygen atoms in total. The molecule has 0 bridgehead atoms. The van der Waals surface area contributed by atoms with Gasteiger partial charge in [-0.1, -0.05) is 17.3 Å². The highest BCUT2D eigenvalue weighted by atomic mass is 19.4. The molecule has 0 spiro atoms. The average Bonchev–Trinajstić information content (AvgIpc) is 3.49. The summed E-state index contributed by atoms with van der Waals surface area (Å²) in [6.45, 7) is 0.578. The predicted molar refractivity (Wildman–Crippen MR) is 122 cm³/mol. The molecule has 0 radical (unpaired) electrons. The van der Waals surface area contributed by atoms with Gasteiger partial charge < -0.3 is 9.26 Å². The van der Waals surface area contributed by atoms with E-state index in [0.717, 1.165) is 17.7 Å². The second-order valence-electron chi connectivity index (χ2n) is 8.34. The summed E-state index contributed by atoms with van der Waals surface area (Å²) in [4.78, 5) is 8.98. The summed E-state index contributed by atoms with van der Waals surface area (Å²) in [7, 11) is 1.57. The highest BCUT2D eigenvalue weighted by Crippen LogP contribution is 2.40. The number of hydrogen-bond donors (Lipinski definition) is 0. The van der Waals surface area contributed by atoms with E-state index in [-0.39, 0.29) is 23.6 Å². The number of imidazole rings is 1. The van der Waals surface area contributed by atoms with Gasteiger partial charge in [-0.25, -0.2) is 18.7 Å². The number of fused-ring (bicyclic) bond motifs is 1. The SMILES string of the molecule is COc1ccc(-c2nc3cnn(Cc4cc(-c5ccc(C(C)(F)F)cc5C(F)(F)F)no4)cc-3n2)cc1. The average molecular weight is 515 g/mol. The lowest BCUT2D eigenvalue weighted by atomic mass is 9.98. The molecule has 2 aromatic carbocycles. The van der Waals surface area contributed by atoms with Gasteiger partial charge in [-0.2, -0.15) is 18.3 Å². The van der Waals surface area contributed by atoms with Crippen molar-refractivity contribution in [2.24, 2.45) is 0 Å². The molecule has 0 amide bonds. The van der Waals surface area contributed by atoms with Crippen molar-refractivity contribution in [3.05, 3.63) is 77.8 Å². The van der Waals surface area contributed by atoms with Crippen LogP contribution >= 0.6 is 0 Å². The van der Waals surface area contributed by atoms with E-state index in [9.17, 15) is 22.0 Å². The third-order valence-corrected chi connectivity index (χ3v) is 5.65. The largest absolute Gasteiger partial charge is 0.497 e. The molecule has 5 rings (SSSR count). The maximum atomic E-state index is 13.6. The van der Waals surface area contributed by atoms with Crippen LogP contribution in [0.3, 0.4) is 0 Å². The lowest BCUT2D eigenvalue weighted by Crippen LogP contribution is -2.12. The Morgan fingerprint density at radius 1 is 0.919 bits per heavy atom. The standard InChI is InChI=1S/C25H18F5N5O2/c1-24(26,27)15-5-8-18(19(9-15)25(28,29)30)20-10-17(37-34-20)12-35-13-22-21(11-31-35)32-23(33-22)14-3-6-16(36-2)7-4-14/h3-11,13H,12H2,1-2H3. The molecule has 0 unspecified atom stereocenters. The zero-order chi connectivity index (χ0) is 26.4. The first-order valence-electron chi connectivity index (χ1n) is 10.9. The van der Waals surface area contributed by atoms with Crippen molar-refractivity contribution in [3.63, 3.8) is 0 Å². The van der Waals surface area contributed by atoms with Gasteiger partial charge in [0.05, 0.1) is 25.1 Å². The summed E-state index contributed by atoms with van der Waals surface area (Å²) in [5, 5.41) is 7.98. The van der Waals surface area contributed by atoms with Crippen LogP contribution in [-0.4, -0.2) is 32.0 Å². The van der Waals surface area contributed by atoms with E-state index in [2.05, 4.69) is 20.2 Å². The van der Waals surface area contributed by atoms with Gasteiger partial charge in [-0.05, 0) is 30.3 Å². The Balaban J connectivity index is 1.41. The molecule has 0 fully saturated rings. The number of methoxy groups -OCH3 is 1. The zero-order valence-corrected chi connectivity index (χ0v) is 19.4. The van der Waals surface area contributed by atoms with Crippen molar-refractivity contribution < 1.29 is 31.2 Å². The highest BCUT2D eigenvalue weighted by molar-refractivity contribution is 5.66. The minimum atomic E-state index is -4.87. The van der Waals surface area contributed by atoms with Crippen molar-refractivity contribution in [1.82, 2.24) is 24.9 Å². The molecule has 0 saturated carbocycles. The van der Waals surface area contributed by atoms with Gasteiger partial charge in [0.25, 0.3) is 5.92 Å². The summed E-state index contributed by atoms with van der Waals surface area (Å²) in [6.07, 6.45) is -1.73. The predicted octanol–water partition coefficient (Wildman–Crippen LogP) is 6.29. The zero-order valence-electron chi connectivity index (χ0n) is 19.4. The molecule has 0 N–H and O–H groups in total. The van der Waals surface area contributed by atoms with Crippen molar-refractivity contribution in [2.45, 2.75) is 25.6 Å². The Morgan fingerprint density at radius 2 is 1.65 bits per heavy atom. The van der Waals surface area contributed by atoms with Gasteiger partial charge in [0.15, 0.2) is 11.6 Å². The molecule has 0 aliphatic carbocycles. The van der Waals surface area contributed by atoms with Crippen molar-refractivity contribution in [2.75, 3.05) is 7.11 Å². The molecular weight excluding hydrogens is 497 g/mol. The van der Waals surface area contributed by atoms with E-state index in [4.69, 9.17) is 9.26 Å². The summed E-state index contributed by atoms with van der Waals surface area (Å²) in [5.74, 6) is -2.02. The normalized spacial score (nSPS) is 12.3. The molecule has 2 aliphatic heterocycles. The second kappa shape index (κ2) is 8.95. The molecular formula is C25H18F5N5O2. The molecule has 3 heterocycles. The molecule has 2 aliphatic rings. The number of alkyl halides is 5. The van der Waals surface area contributed by atoms with Crippen LogP contribution in [-0.2, 0) is 18.6 Å². The summed E-state index contributed by atoms with van der Waals surface area (Å²) in [5.41, 5.74) is -0.573. The van der Waals surface area contributed by atoms with E-state index in [0.29, 0.717) is 36.0 Å². The Morgan fingerprint density at radius 3 is 2.32 bits per heavy atom. The van der Waals surface area contributed by atoms with Crippen molar-refractivity contribution >= 4 is 0 Å². The molecule has 12 heteroatoms. The van der Waals surface area contributed by atoms with Gasteiger partial charge in [-0.15, -0.1) is 0 Å². The van der Waals surface area contributed by atoms with Crippen LogP contribution in [0.5, 0.6) is 5.75 Å². The minimum Gasteiger partial charge on any atom is -0.497 e. The van der Waals surface area contributed by atoms with Crippen LogP contribution in [0.25, 0.3) is 34.0 Å². The van der Waals surface area contributed by atoms with E-state index in [1.165, 1.54) is 16.9 Å². The number of benzene rings is 2. The lowest BCUT2D eigenvalue weighted by Gasteiger charge is -2.16. The van der Waals surface area contributed by atoms with Gasteiger partial charge in [0.2, 0.25) is 0 Å². The number of ether oxygens (including phenoxy) is 1. The minimum absolute atomic E-state index is 0.0418. The molecule has 37 heavy (non-hydrogen) atoms. The Bertz CT molecular complexity index is 1520. The summed E-state index contributed by atoms with van der Waals surface area (Å²) in [6, 6.07) is 10.9. The number of rotatable bonds is 6. The van der Waals surface area contributed by atoms with Crippen LogP contribution in [0.4, 0.5) is 22.0 Å². The monoisotopic (exact) mass is 515 g/mol. The third-order valence-electron chi connectivity index (χ3n) is 5.65. The fourth-order valence-electron chi connectivity index (χ4n) is 3.77. The number of halogens is 5. The quantitative estimate of drug-likeness (QED) is 0.248. The first-order chi connectivity index (χ1) is 17.5. The lowest BCUT2D eigenvalue weighted by molar-refractivity contribution is -0.137. The Kier molecular flexibility index (Phi) is 5.89. The maximum absolute atomic E-state index is 13.6. The van der Waals surface area contributed by atoms with Crippen molar-refractivity contribution in [1.29, 1.82) is 0 Å². The van der Waals surface area contributed by atoms with Gasteiger partial charge >= 0.3 is 6.18 Å². The molecule has 3 aromatic rings. The first kappa shape index (κ1) is 24.3. The number of nitrogens with zero attached hydrogens (tertiary/aromatic N) is 5. The second-order valence-corrected chi connectivity index (χ2v) is 8.34. The maximum Gasteiger partial charge on any atom is 0.417 e. The smallest absolute Gasteiger partial charge is 0.417 e. The van der Waals surface area contributed by atoms with Crippen molar-refractivity contribution in [3.8, 4) is 39.8 Å². The summed E-state index contributed by atoms with van der Waals surface area (Å²) >= 11 is 0. The highest BCUT2D eigenvalue weighted by Gasteiger charge is 2.37. The summed E-state index contributed by atoms with van der Waals surface area (Å²) < 4.78 is 80.0. The van der Waals surface area contributed by atoms with Crippen LogP contribution < -0.4 is 4.74 Å². The van der Waals surface area contributed by atoms with E-state index in [1.54, 1.807) is 25.4 Å². The number of aromatic nitrogens is 5. The van der Waals surface area contributed by atoms with Crippen LogP contribution in [0.15, 0.2) is 65.4 Å². The Hall–Kier alpha value is -4.35. The van der Waals surface area contributed by atoms with Gasteiger partial charge in [0.1, 0.15) is 29.4 Å². The molecule has 0 saturated heterocycles. The van der Waals surface area contributed by atoms with Gasteiger partial charge in [-0.3, -0.25) is 4.68 Å². The van der Waals surface area contributed by atoms with E-state index < -0.39 is 23.2 Å². The fraction of sp³-hybridized carbons (Fsp3) is 0.200. The van der Waals surface area contributed by atoms with E-state index in [1.807, 2.05) is 12.1 Å². The molecule has 1 aromatic heterocycles. The molecule has 190 valence electrons. The number of hydrogen-bond acceptors (Lipinski definition) is 6. The van der Waals surface area contributed by atoms with Gasteiger partial charge in [0, 0.05) is 29.7 Å². The third kappa shape index (κ3) is 4.99. The topological polar surface area (TPSA) is 78.9 Å². The molecule has 0 atom stereocenters. The van der Waals surface area contributed by atoms with Crippen LogP contribution in [0, 0.1) is 0 Å².